The van der Waals surface area contributed by atoms with Crippen LogP contribution in [0.3, 0.4) is 0 Å². The van der Waals surface area contributed by atoms with Gasteiger partial charge in [-0.3, -0.25) is 4.79 Å². The molecule has 4 heteroatoms. The minimum Gasteiger partial charge on any atom is -0.370 e. The Bertz CT molecular complexity index is 409. The molecule has 3 N–H and O–H groups in total. The number of nitrogens with two attached hydrogens (primary N) is 1. The molecule has 84 valence electrons. The number of primary amides is 1. The molecule has 16 heavy (non-hydrogen) atoms. The highest BCUT2D eigenvalue weighted by Crippen LogP contribution is 2.04. The zero-order valence-electron chi connectivity index (χ0n) is 9.23. The molecule has 1 rings (SSSR count). The molecule has 0 aromatic heterocycles. The SMILES string of the molecule is CC(CC(N)=O)NCc1cccc(C#N)c1. The molecule has 0 aliphatic rings. The van der Waals surface area contributed by atoms with E-state index in [0.29, 0.717) is 18.5 Å². The number of amides is 1. The number of hydrogen-bond acceptors (Lipinski definition) is 3. The zero-order valence-corrected chi connectivity index (χ0v) is 9.23. The monoisotopic (exact) mass is 217 g/mol. The number of rotatable bonds is 5. The first-order valence-corrected chi connectivity index (χ1v) is 5.12. The van der Waals surface area contributed by atoms with Gasteiger partial charge in [0.2, 0.25) is 5.91 Å². The summed E-state index contributed by atoms with van der Waals surface area (Å²) in [4.78, 5) is 10.7. The normalized spacial score (nSPS) is 11.8. The second-order valence-electron chi connectivity index (χ2n) is 3.76. The van der Waals surface area contributed by atoms with Crippen LogP contribution in [0.5, 0.6) is 0 Å². The average Bonchev–Trinajstić information content (AvgIpc) is 2.26. The van der Waals surface area contributed by atoms with Crippen molar-refractivity contribution in [1.82, 2.24) is 5.32 Å². The molecule has 1 amide bonds. The van der Waals surface area contributed by atoms with Crippen LogP contribution in [0.2, 0.25) is 0 Å². The Morgan fingerprint density at radius 1 is 1.62 bits per heavy atom. The van der Waals surface area contributed by atoms with Crippen LogP contribution in [-0.2, 0) is 11.3 Å². The largest absolute Gasteiger partial charge is 0.370 e. The lowest BCUT2D eigenvalue weighted by atomic mass is 10.1. The van der Waals surface area contributed by atoms with Crippen molar-refractivity contribution in [3.63, 3.8) is 0 Å². The highest BCUT2D eigenvalue weighted by molar-refractivity contribution is 5.74. The third-order valence-corrected chi connectivity index (χ3v) is 2.22. The number of hydrogen-bond donors (Lipinski definition) is 2. The van der Waals surface area contributed by atoms with E-state index in [-0.39, 0.29) is 11.9 Å². The summed E-state index contributed by atoms with van der Waals surface area (Å²) in [5.41, 5.74) is 6.75. The molecule has 0 radical (unpaired) electrons. The van der Waals surface area contributed by atoms with E-state index in [1.165, 1.54) is 0 Å². The van der Waals surface area contributed by atoms with Gasteiger partial charge in [0.1, 0.15) is 0 Å². The lowest BCUT2D eigenvalue weighted by molar-refractivity contribution is -0.118. The quantitative estimate of drug-likeness (QED) is 0.769. The van der Waals surface area contributed by atoms with Gasteiger partial charge in [-0.05, 0) is 24.6 Å². The average molecular weight is 217 g/mol. The van der Waals surface area contributed by atoms with Crippen LogP contribution in [0.4, 0.5) is 0 Å². The molecule has 1 atom stereocenters. The molecule has 0 spiro atoms. The molecule has 0 aliphatic heterocycles. The Labute approximate surface area is 95.1 Å². The Kier molecular flexibility index (Phi) is 4.49. The van der Waals surface area contributed by atoms with Crippen molar-refractivity contribution in [2.24, 2.45) is 5.73 Å². The standard InChI is InChI=1S/C12H15N3O/c1-9(5-12(14)16)15-8-11-4-2-3-10(6-11)7-13/h2-4,6,9,15H,5,8H2,1H3,(H2,14,16). The first-order chi connectivity index (χ1) is 7.61. The molecule has 1 unspecified atom stereocenters. The molecule has 1 aromatic carbocycles. The van der Waals surface area contributed by atoms with Crippen LogP contribution in [0, 0.1) is 11.3 Å². The molecular weight excluding hydrogens is 202 g/mol. The summed E-state index contributed by atoms with van der Waals surface area (Å²) in [5.74, 6) is -0.314. The Hall–Kier alpha value is -1.86. The van der Waals surface area contributed by atoms with Crippen molar-refractivity contribution in [3.05, 3.63) is 35.4 Å². The maximum atomic E-state index is 10.7. The van der Waals surface area contributed by atoms with Gasteiger partial charge in [-0.2, -0.15) is 5.26 Å². The third kappa shape index (κ3) is 4.11. The number of nitriles is 1. The van der Waals surface area contributed by atoms with Gasteiger partial charge in [-0.1, -0.05) is 12.1 Å². The van der Waals surface area contributed by atoms with Crippen LogP contribution >= 0.6 is 0 Å². The molecule has 0 saturated carbocycles. The minimum absolute atomic E-state index is 0.0447. The van der Waals surface area contributed by atoms with Gasteiger partial charge in [-0.15, -0.1) is 0 Å². The van der Waals surface area contributed by atoms with Gasteiger partial charge in [-0.25, -0.2) is 0 Å². The molecule has 0 heterocycles. The molecule has 0 bridgehead atoms. The van der Waals surface area contributed by atoms with Gasteiger partial charge < -0.3 is 11.1 Å². The first kappa shape index (κ1) is 12.2. The van der Waals surface area contributed by atoms with Gasteiger partial charge >= 0.3 is 0 Å². The van der Waals surface area contributed by atoms with Crippen molar-refractivity contribution in [2.75, 3.05) is 0 Å². The summed E-state index contributed by atoms with van der Waals surface area (Å²) in [5, 5.41) is 11.9. The number of benzene rings is 1. The van der Waals surface area contributed by atoms with Crippen LogP contribution in [0.1, 0.15) is 24.5 Å². The van der Waals surface area contributed by atoms with Crippen molar-refractivity contribution in [1.29, 1.82) is 5.26 Å². The fourth-order valence-electron chi connectivity index (χ4n) is 1.42. The van der Waals surface area contributed by atoms with Crippen LogP contribution in [0.25, 0.3) is 0 Å². The minimum atomic E-state index is -0.314. The van der Waals surface area contributed by atoms with Gasteiger partial charge in [0.15, 0.2) is 0 Å². The maximum absolute atomic E-state index is 10.7. The van der Waals surface area contributed by atoms with E-state index in [1.54, 1.807) is 6.07 Å². The van der Waals surface area contributed by atoms with E-state index in [1.807, 2.05) is 25.1 Å². The third-order valence-electron chi connectivity index (χ3n) is 2.22. The molecule has 0 aliphatic carbocycles. The van der Waals surface area contributed by atoms with Crippen LogP contribution < -0.4 is 11.1 Å². The highest BCUT2D eigenvalue weighted by atomic mass is 16.1. The van der Waals surface area contributed by atoms with E-state index in [2.05, 4.69) is 11.4 Å². The Morgan fingerprint density at radius 2 is 2.38 bits per heavy atom. The second-order valence-corrected chi connectivity index (χ2v) is 3.76. The van der Waals surface area contributed by atoms with Crippen molar-refractivity contribution >= 4 is 5.91 Å². The Balaban J connectivity index is 2.48. The smallest absolute Gasteiger partial charge is 0.218 e. The van der Waals surface area contributed by atoms with Gasteiger partial charge in [0.05, 0.1) is 11.6 Å². The van der Waals surface area contributed by atoms with Gasteiger partial charge in [0.25, 0.3) is 0 Å². The van der Waals surface area contributed by atoms with Crippen molar-refractivity contribution < 1.29 is 4.79 Å². The molecule has 0 saturated heterocycles. The zero-order chi connectivity index (χ0) is 12.0. The first-order valence-electron chi connectivity index (χ1n) is 5.12. The number of nitrogens with zero attached hydrogens (tertiary/aromatic N) is 1. The van der Waals surface area contributed by atoms with E-state index < -0.39 is 0 Å². The molecule has 4 nitrogen and oxygen atoms in total. The summed E-state index contributed by atoms with van der Waals surface area (Å²) < 4.78 is 0. The van der Waals surface area contributed by atoms with E-state index in [0.717, 1.165) is 5.56 Å². The second kappa shape index (κ2) is 5.89. The summed E-state index contributed by atoms with van der Waals surface area (Å²) in [7, 11) is 0. The Morgan fingerprint density at radius 3 is 3.00 bits per heavy atom. The highest BCUT2D eigenvalue weighted by Gasteiger charge is 2.05. The number of carbonyl (C=O) groups is 1. The van der Waals surface area contributed by atoms with Crippen molar-refractivity contribution in [3.8, 4) is 6.07 Å². The summed E-state index contributed by atoms with van der Waals surface area (Å²) in [6.45, 7) is 2.53. The number of carbonyl (C=O) groups excluding carboxylic acids is 1. The lowest BCUT2D eigenvalue weighted by Crippen LogP contribution is -2.30. The predicted molar refractivity (Wildman–Crippen MR) is 61.3 cm³/mol. The molecule has 0 fully saturated rings. The van der Waals surface area contributed by atoms with E-state index in [9.17, 15) is 4.79 Å². The van der Waals surface area contributed by atoms with Gasteiger partial charge in [0, 0.05) is 19.0 Å². The topological polar surface area (TPSA) is 78.9 Å². The fourth-order valence-corrected chi connectivity index (χ4v) is 1.42. The molecule has 1 aromatic rings. The van der Waals surface area contributed by atoms with Crippen LogP contribution in [-0.4, -0.2) is 11.9 Å². The van der Waals surface area contributed by atoms with E-state index >= 15 is 0 Å². The maximum Gasteiger partial charge on any atom is 0.218 e. The lowest BCUT2D eigenvalue weighted by Gasteiger charge is -2.11. The molecular formula is C12H15N3O. The summed E-state index contributed by atoms with van der Waals surface area (Å²) >= 11 is 0. The fraction of sp³-hybridized carbons (Fsp3) is 0.333. The number of nitrogens with one attached hydrogen (secondary N) is 1. The van der Waals surface area contributed by atoms with Crippen molar-refractivity contribution in [2.45, 2.75) is 25.9 Å². The van der Waals surface area contributed by atoms with E-state index in [4.69, 9.17) is 11.0 Å². The summed E-state index contributed by atoms with van der Waals surface area (Å²) in [6, 6.07) is 9.49. The predicted octanol–water partition coefficient (Wildman–Crippen LogP) is 0.912. The summed E-state index contributed by atoms with van der Waals surface area (Å²) in [6.07, 6.45) is 0.317. The van der Waals surface area contributed by atoms with Crippen LogP contribution in [0.15, 0.2) is 24.3 Å².